The van der Waals surface area contributed by atoms with Gasteiger partial charge in [0.1, 0.15) is 0 Å². The number of thioether (sulfide) groups is 1. The van der Waals surface area contributed by atoms with Crippen molar-refractivity contribution in [3.63, 3.8) is 0 Å². The Morgan fingerprint density at radius 3 is 2.63 bits per heavy atom. The topological polar surface area (TPSA) is 60.7 Å². The van der Waals surface area contributed by atoms with Crippen LogP contribution in [-0.2, 0) is 22.5 Å². The molecular formula is C23H26N2O3S2. The number of ether oxygens (including phenoxy) is 1. The maximum atomic E-state index is 12.7. The lowest BCUT2D eigenvalue weighted by molar-refractivity contribution is -0.117. The number of aryl methyl sites for hydroxylation is 3. The molecule has 0 saturated carbocycles. The maximum absolute atomic E-state index is 12.7. The van der Waals surface area contributed by atoms with Gasteiger partial charge in [-0.2, -0.15) is 16.8 Å². The molecule has 0 spiro atoms. The van der Waals surface area contributed by atoms with E-state index in [1.54, 1.807) is 24.8 Å². The van der Waals surface area contributed by atoms with Crippen LogP contribution in [0.3, 0.4) is 0 Å². The number of hydrogen-bond donors (Lipinski definition) is 0. The molecule has 0 unspecified atom stereocenters. The van der Waals surface area contributed by atoms with Gasteiger partial charge in [0.05, 0.1) is 28.8 Å². The van der Waals surface area contributed by atoms with Crippen LogP contribution in [0.4, 0.5) is 0 Å². The minimum atomic E-state index is -0.340. The van der Waals surface area contributed by atoms with Crippen LogP contribution in [-0.4, -0.2) is 35.1 Å². The second-order valence-corrected chi connectivity index (χ2v) is 9.03. The van der Waals surface area contributed by atoms with Crippen LogP contribution in [0.5, 0.6) is 0 Å². The number of fused-ring (bicyclic) bond motifs is 1. The number of thiazole rings is 1. The quantitative estimate of drug-likeness (QED) is 0.505. The smallest absolute Gasteiger partial charge is 0.338 e. The van der Waals surface area contributed by atoms with E-state index in [1.165, 1.54) is 22.5 Å². The third kappa shape index (κ3) is 5.21. The Morgan fingerprint density at radius 2 is 1.93 bits per heavy atom. The highest BCUT2D eigenvalue weighted by molar-refractivity contribution is 7.98. The summed E-state index contributed by atoms with van der Waals surface area (Å²) in [6.07, 6.45) is 2.32. The van der Waals surface area contributed by atoms with Crippen molar-refractivity contribution in [2.24, 2.45) is 4.99 Å². The Hall–Kier alpha value is -2.38. The molecule has 2 aromatic carbocycles. The first-order chi connectivity index (χ1) is 14.4. The average Bonchev–Trinajstić information content (AvgIpc) is 3.05. The monoisotopic (exact) mass is 442 g/mol. The Balaban J connectivity index is 1.97. The van der Waals surface area contributed by atoms with Crippen LogP contribution >= 0.6 is 23.1 Å². The van der Waals surface area contributed by atoms with Crippen LogP contribution in [0, 0.1) is 13.8 Å². The fraction of sp³-hybridized carbons (Fsp3) is 0.348. The van der Waals surface area contributed by atoms with Crippen molar-refractivity contribution in [2.45, 2.75) is 33.7 Å². The van der Waals surface area contributed by atoms with E-state index in [0.717, 1.165) is 28.1 Å². The van der Waals surface area contributed by atoms with E-state index < -0.39 is 0 Å². The molecule has 1 amide bonds. The fourth-order valence-electron chi connectivity index (χ4n) is 3.13. The SMILES string of the molecule is CCOC(=O)c1ccc2c(c1)sc(=NC(=O)Cc1ccc(C)c(C)c1)n2CCSC. The van der Waals surface area contributed by atoms with E-state index in [-0.39, 0.29) is 18.3 Å². The minimum absolute atomic E-state index is 0.173. The van der Waals surface area contributed by atoms with Crippen molar-refractivity contribution in [2.75, 3.05) is 18.6 Å². The Labute approximate surface area is 184 Å². The van der Waals surface area contributed by atoms with Crippen molar-refractivity contribution in [1.29, 1.82) is 0 Å². The highest BCUT2D eigenvalue weighted by atomic mass is 32.2. The number of esters is 1. The number of carbonyl (C=O) groups is 2. The number of rotatable bonds is 7. The van der Waals surface area contributed by atoms with Gasteiger partial charge in [-0.25, -0.2) is 4.79 Å². The van der Waals surface area contributed by atoms with E-state index in [9.17, 15) is 9.59 Å². The lowest BCUT2D eigenvalue weighted by atomic mass is 10.0. The van der Waals surface area contributed by atoms with Crippen molar-refractivity contribution in [3.8, 4) is 0 Å². The predicted molar refractivity (Wildman–Crippen MR) is 124 cm³/mol. The molecule has 1 heterocycles. The number of nitrogens with zero attached hydrogens (tertiary/aromatic N) is 2. The lowest BCUT2D eigenvalue weighted by Crippen LogP contribution is -2.18. The molecule has 3 aromatic rings. The minimum Gasteiger partial charge on any atom is -0.462 e. The molecule has 0 aliphatic heterocycles. The first-order valence-electron chi connectivity index (χ1n) is 9.86. The van der Waals surface area contributed by atoms with Crippen LogP contribution in [0.15, 0.2) is 41.4 Å². The van der Waals surface area contributed by atoms with Crippen LogP contribution < -0.4 is 4.80 Å². The second-order valence-electron chi connectivity index (χ2n) is 7.03. The average molecular weight is 443 g/mol. The van der Waals surface area contributed by atoms with E-state index in [0.29, 0.717) is 17.0 Å². The number of aromatic nitrogens is 1. The molecule has 0 aliphatic rings. The third-order valence-corrected chi connectivity index (χ3v) is 6.49. The second kappa shape index (κ2) is 10.1. The van der Waals surface area contributed by atoms with Gasteiger partial charge in [-0.3, -0.25) is 4.79 Å². The van der Waals surface area contributed by atoms with Gasteiger partial charge in [0.15, 0.2) is 4.80 Å². The molecule has 0 saturated heterocycles. The Morgan fingerprint density at radius 1 is 1.13 bits per heavy atom. The zero-order valence-corrected chi connectivity index (χ0v) is 19.4. The van der Waals surface area contributed by atoms with Crippen molar-refractivity contribution >= 4 is 45.2 Å². The summed E-state index contributed by atoms with van der Waals surface area (Å²) in [5.41, 5.74) is 4.83. The van der Waals surface area contributed by atoms with Crippen molar-refractivity contribution in [1.82, 2.24) is 4.57 Å². The lowest BCUT2D eigenvalue weighted by Gasteiger charge is -2.05. The van der Waals surface area contributed by atoms with Gasteiger partial charge in [-0.05, 0) is 61.9 Å². The molecule has 0 aliphatic carbocycles. The summed E-state index contributed by atoms with van der Waals surface area (Å²) in [6, 6.07) is 11.6. The molecule has 0 fully saturated rings. The summed E-state index contributed by atoms with van der Waals surface area (Å²) >= 11 is 3.17. The van der Waals surface area contributed by atoms with Crippen LogP contribution in [0.2, 0.25) is 0 Å². The van der Waals surface area contributed by atoms with E-state index in [2.05, 4.69) is 22.7 Å². The van der Waals surface area contributed by atoms with Gasteiger partial charge in [0.2, 0.25) is 0 Å². The summed E-state index contributed by atoms with van der Waals surface area (Å²) in [7, 11) is 0. The Bertz CT molecular complexity index is 1150. The van der Waals surface area contributed by atoms with Crippen LogP contribution in [0.25, 0.3) is 10.2 Å². The van der Waals surface area contributed by atoms with Gasteiger partial charge in [-0.1, -0.05) is 29.5 Å². The summed E-state index contributed by atoms with van der Waals surface area (Å²) in [5, 5.41) is 0. The molecule has 3 rings (SSSR count). The molecule has 5 nitrogen and oxygen atoms in total. The summed E-state index contributed by atoms with van der Waals surface area (Å²) in [5.74, 6) is 0.394. The molecule has 158 valence electrons. The highest BCUT2D eigenvalue weighted by Gasteiger charge is 2.13. The number of carbonyl (C=O) groups excluding carboxylic acids is 2. The maximum Gasteiger partial charge on any atom is 0.338 e. The van der Waals surface area contributed by atoms with Crippen LogP contribution in [0.1, 0.15) is 34.0 Å². The molecule has 0 radical (unpaired) electrons. The standard InChI is InChI=1S/C23H26N2O3S2/c1-5-28-22(27)18-8-9-19-20(14-18)30-23(25(19)10-11-29-4)24-21(26)13-17-7-6-15(2)16(3)12-17/h6-9,12,14H,5,10-11,13H2,1-4H3. The Kier molecular flexibility index (Phi) is 7.50. The number of hydrogen-bond acceptors (Lipinski definition) is 5. The summed E-state index contributed by atoms with van der Waals surface area (Å²) in [6.45, 7) is 6.97. The zero-order chi connectivity index (χ0) is 21.7. The summed E-state index contributed by atoms with van der Waals surface area (Å²) < 4.78 is 8.08. The van der Waals surface area contributed by atoms with Crippen molar-refractivity contribution < 1.29 is 14.3 Å². The van der Waals surface area contributed by atoms with E-state index >= 15 is 0 Å². The first-order valence-corrected chi connectivity index (χ1v) is 12.1. The largest absolute Gasteiger partial charge is 0.462 e. The highest BCUT2D eigenvalue weighted by Crippen LogP contribution is 2.20. The third-order valence-electron chi connectivity index (χ3n) is 4.86. The van der Waals surface area contributed by atoms with E-state index in [1.807, 2.05) is 37.3 Å². The normalized spacial score (nSPS) is 11.8. The van der Waals surface area contributed by atoms with Gasteiger partial charge in [0.25, 0.3) is 5.91 Å². The predicted octanol–water partition coefficient (Wildman–Crippen LogP) is 4.53. The molecular weight excluding hydrogens is 416 g/mol. The fourth-order valence-corrected chi connectivity index (χ4v) is 4.61. The first kappa shape index (κ1) is 22.3. The van der Waals surface area contributed by atoms with Crippen molar-refractivity contribution in [3.05, 3.63) is 63.5 Å². The number of benzene rings is 2. The molecule has 0 atom stereocenters. The molecule has 0 N–H and O–H groups in total. The van der Waals surface area contributed by atoms with Gasteiger partial charge in [-0.15, -0.1) is 0 Å². The molecule has 30 heavy (non-hydrogen) atoms. The number of amides is 1. The van der Waals surface area contributed by atoms with Gasteiger partial charge < -0.3 is 9.30 Å². The molecule has 0 bridgehead atoms. The molecule has 7 heteroatoms. The van der Waals surface area contributed by atoms with Gasteiger partial charge >= 0.3 is 5.97 Å². The van der Waals surface area contributed by atoms with E-state index in [4.69, 9.17) is 4.74 Å². The zero-order valence-electron chi connectivity index (χ0n) is 17.7. The molecule has 1 aromatic heterocycles. The van der Waals surface area contributed by atoms with Gasteiger partial charge in [0, 0.05) is 12.3 Å². The summed E-state index contributed by atoms with van der Waals surface area (Å²) in [4.78, 5) is 29.9.